The van der Waals surface area contributed by atoms with E-state index in [4.69, 9.17) is 9.47 Å². The average molecular weight is 464 g/mol. The molecule has 34 heavy (non-hydrogen) atoms. The van der Waals surface area contributed by atoms with Gasteiger partial charge in [-0.25, -0.2) is 0 Å². The summed E-state index contributed by atoms with van der Waals surface area (Å²) in [4.78, 5) is 40.6. The van der Waals surface area contributed by atoms with Crippen molar-refractivity contribution in [2.24, 2.45) is 0 Å². The van der Waals surface area contributed by atoms with Crippen LogP contribution in [-0.4, -0.2) is 72.8 Å². The molecule has 0 bridgehead atoms. The van der Waals surface area contributed by atoms with Crippen LogP contribution < -0.4 is 5.32 Å². The third-order valence-electron chi connectivity index (χ3n) is 6.74. The maximum absolute atomic E-state index is 12.6. The predicted molar refractivity (Wildman–Crippen MR) is 124 cm³/mol. The number of imide groups is 1. The van der Waals surface area contributed by atoms with Crippen molar-refractivity contribution in [2.75, 3.05) is 39.4 Å². The minimum absolute atomic E-state index is 0.167. The number of nitrogens with one attached hydrogen (secondary N) is 1. The summed E-state index contributed by atoms with van der Waals surface area (Å²) in [6, 6.07) is 7.91. The Morgan fingerprint density at radius 1 is 1.03 bits per heavy atom. The topological polar surface area (TPSA) is 88.2 Å². The zero-order chi connectivity index (χ0) is 23.5. The Morgan fingerprint density at radius 3 is 2.56 bits per heavy atom. The number of hydrogen-bond acceptors (Lipinski definition) is 7. The zero-order valence-electron chi connectivity index (χ0n) is 19.1. The normalized spacial score (nSPS) is 23.2. The first kappa shape index (κ1) is 22.6. The smallest absolute Gasteiger partial charge is 0.249 e. The van der Waals surface area contributed by atoms with E-state index in [0.29, 0.717) is 31.8 Å². The van der Waals surface area contributed by atoms with Gasteiger partial charge >= 0.3 is 0 Å². The molecule has 1 unspecified atom stereocenters. The number of morpholine rings is 1. The van der Waals surface area contributed by atoms with E-state index in [1.54, 1.807) is 6.08 Å². The van der Waals surface area contributed by atoms with Crippen molar-refractivity contribution in [2.45, 2.75) is 31.9 Å². The van der Waals surface area contributed by atoms with E-state index < -0.39 is 6.04 Å². The number of nitrogens with zero attached hydrogens (tertiary/aromatic N) is 2. The van der Waals surface area contributed by atoms with Crippen LogP contribution in [0.1, 0.15) is 24.0 Å². The minimum atomic E-state index is -0.418. The van der Waals surface area contributed by atoms with Crippen LogP contribution in [0, 0.1) is 0 Å². The van der Waals surface area contributed by atoms with Crippen LogP contribution >= 0.6 is 0 Å². The molecule has 1 N–H and O–H groups in total. The van der Waals surface area contributed by atoms with E-state index in [9.17, 15) is 14.4 Å². The summed E-state index contributed by atoms with van der Waals surface area (Å²) in [5.74, 6) is -0.367. The molecule has 1 aromatic carbocycles. The quantitative estimate of drug-likeness (QED) is 0.613. The van der Waals surface area contributed by atoms with E-state index in [1.807, 2.05) is 23.2 Å². The van der Waals surface area contributed by atoms with E-state index >= 15 is 0 Å². The standard InChI is InChI=1S/C26H29N3O5/c30-23-7-5-20-15-29(22-6-8-24(31)27-26(22)32)16-21(20)25(23)34-17-19-3-1-18(2-4-19)9-10-28-11-13-33-14-12-28/h1-5,7,15,22H,6,8-14,16-17H2,(H,27,31,32). The second-order valence-electron chi connectivity index (χ2n) is 9.04. The molecule has 5 rings (SSSR count). The van der Waals surface area contributed by atoms with Gasteiger partial charge in [0.05, 0.1) is 13.2 Å². The summed E-state index contributed by atoms with van der Waals surface area (Å²) < 4.78 is 11.4. The summed E-state index contributed by atoms with van der Waals surface area (Å²) in [6.07, 6.45) is 6.92. The highest BCUT2D eigenvalue weighted by molar-refractivity contribution is 6.06. The van der Waals surface area contributed by atoms with Gasteiger partial charge in [-0.2, -0.15) is 0 Å². The lowest BCUT2D eigenvalue weighted by molar-refractivity contribution is -0.136. The largest absolute Gasteiger partial charge is 0.484 e. The highest BCUT2D eigenvalue weighted by atomic mass is 16.5. The molecule has 2 fully saturated rings. The SMILES string of the molecule is O=C1CCC(N2C=C3C=CC(=O)C(OCc4ccc(CCN5CCOCC5)cc4)=C3C2)C(=O)N1. The van der Waals surface area contributed by atoms with Crippen LogP contribution in [0.15, 0.2) is 59.5 Å². The van der Waals surface area contributed by atoms with Gasteiger partial charge in [0.2, 0.25) is 17.6 Å². The van der Waals surface area contributed by atoms with Crippen molar-refractivity contribution in [1.29, 1.82) is 0 Å². The molecule has 8 heteroatoms. The second-order valence-corrected chi connectivity index (χ2v) is 9.04. The molecular formula is C26H29N3O5. The second kappa shape index (κ2) is 9.95. The molecule has 0 aromatic heterocycles. The number of ether oxygens (including phenoxy) is 2. The first-order valence-corrected chi connectivity index (χ1v) is 11.8. The van der Waals surface area contributed by atoms with E-state index in [0.717, 1.165) is 56.0 Å². The van der Waals surface area contributed by atoms with Gasteiger partial charge in [0, 0.05) is 44.4 Å². The molecule has 0 saturated carbocycles. The highest BCUT2D eigenvalue weighted by Gasteiger charge is 2.36. The Morgan fingerprint density at radius 2 is 1.79 bits per heavy atom. The van der Waals surface area contributed by atoms with Crippen LogP contribution in [0.5, 0.6) is 0 Å². The molecule has 0 radical (unpaired) electrons. The number of ketones is 1. The van der Waals surface area contributed by atoms with Crippen LogP contribution in [0.2, 0.25) is 0 Å². The summed E-state index contributed by atoms with van der Waals surface area (Å²) in [6.45, 7) is 5.33. The number of carbonyl (C=O) groups is 3. The van der Waals surface area contributed by atoms with E-state index in [1.165, 1.54) is 11.6 Å². The van der Waals surface area contributed by atoms with Gasteiger partial charge in [-0.05, 0) is 41.7 Å². The maximum Gasteiger partial charge on any atom is 0.249 e. The van der Waals surface area contributed by atoms with Gasteiger partial charge in [0.25, 0.3) is 0 Å². The van der Waals surface area contributed by atoms with E-state index in [2.05, 4.69) is 22.3 Å². The molecule has 3 aliphatic heterocycles. The third kappa shape index (κ3) is 4.98. The van der Waals surface area contributed by atoms with Crippen molar-refractivity contribution < 1.29 is 23.9 Å². The summed E-state index contributed by atoms with van der Waals surface area (Å²) in [5, 5.41) is 2.40. The molecule has 1 aliphatic carbocycles. The minimum Gasteiger partial charge on any atom is -0.484 e. The lowest BCUT2D eigenvalue weighted by Crippen LogP contribution is -2.50. The van der Waals surface area contributed by atoms with Crippen molar-refractivity contribution in [3.05, 3.63) is 70.6 Å². The van der Waals surface area contributed by atoms with Gasteiger partial charge in [-0.3, -0.25) is 24.6 Å². The van der Waals surface area contributed by atoms with Crippen LogP contribution in [-0.2, 0) is 36.9 Å². The summed E-state index contributed by atoms with van der Waals surface area (Å²) >= 11 is 0. The van der Waals surface area contributed by atoms with Gasteiger partial charge in [-0.15, -0.1) is 0 Å². The monoisotopic (exact) mass is 463 g/mol. The lowest BCUT2D eigenvalue weighted by atomic mass is 10.00. The Bertz CT molecular complexity index is 1070. The Kier molecular flexibility index (Phi) is 6.60. The molecule has 3 heterocycles. The number of fused-ring (bicyclic) bond motifs is 1. The fraction of sp³-hybridized carbons (Fsp3) is 0.423. The number of amides is 2. The zero-order valence-corrected chi connectivity index (χ0v) is 19.1. The van der Waals surface area contributed by atoms with Crippen LogP contribution in [0.4, 0.5) is 0 Å². The van der Waals surface area contributed by atoms with Crippen LogP contribution in [0.3, 0.4) is 0 Å². The Hall–Kier alpha value is -3.23. The van der Waals surface area contributed by atoms with Crippen molar-refractivity contribution in [1.82, 2.24) is 15.1 Å². The molecule has 2 saturated heterocycles. The number of piperidine rings is 1. The Balaban J connectivity index is 1.20. The number of hydrogen-bond donors (Lipinski definition) is 1. The fourth-order valence-electron chi connectivity index (χ4n) is 4.74. The molecule has 8 nitrogen and oxygen atoms in total. The highest BCUT2D eigenvalue weighted by Crippen LogP contribution is 2.32. The number of rotatable bonds is 7. The first-order valence-electron chi connectivity index (χ1n) is 11.8. The molecule has 2 amide bonds. The van der Waals surface area contributed by atoms with Gasteiger partial charge in [-0.1, -0.05) is 24.3 Å². The average Bonchev–Trinajstić information content (AvgIpc) is 3.27. The first-order chi connectivity index (χ1) is 16.6. The number of carbonyl (C=O) groups excluding carboxylic acids is 3. The fourth-order valence-corrected chi connectivity index (χ4v) is 4.74. The third-order valence-corrected chi connectivity index (χ3v) is 6.74. The van der Waals surface area contributed by atoms with E-state index in [-0.39, 0.29) is 17.6 Å². The molecule has 1 atom stereocenters. The number of allylic oxidation sites excluding steroid dienone is 2. The predicted octanol–water partition coefficient (Wildman–Crippen LogP) is 1.48. The summed E-state index contributed by atoms with van der Waals surface area (Å²) in [5.41, 5.74) is 3.93. The summed E-state index contributed by atoms with van der Waals surface area (Å²) in [7, 11) is 0. The Labute approximate surface area is 198 Å². The molecule has 178 valence electrons. The van der Waals surface area contributed by atoms with Crippen molar-refractivity contribution in [3.63, 3.8) is 0 Å². The van der Waals surface area contributed by atoms with Crippen molar-refractivity contribution >= 4 is 17.6 Å². The van der Waals surface area contributed by atoms with Gasteiger partial charge in [0.15, 0.2) is 5.76 Å². The number of benzene rings is 1. The van der Waals surface area contributed by atoms with Crippen molar-refractivity contribution in [3.8, 4) is 0 Å². The van der Waals surface area contributed by atoms with Crippen LogP contribution in [0.25, 0.3) is 0 Å². The molecule has 1 aromatic rings. The lowest BCUT2D eigenvalue weighted by Gasteiger charge is -2.29. The van der Waals surface area contributed by atoms with Gasteiger partial charge in [0.1, 0.15) is 12.6 Å². The molecule has 4 aliphatic rings. The molecular weight excluding hydrogens is 434 g/mol. The maximum atomic E-state index is 12.6. The van der Waals surface area contributed by atoms with Gasteiger partial charge < -0.3 is 14.4 Å². The molecule has 0 spiro atoms.